The van der Waals surface area contributed by atoms with Gasteiger partial charge >= 0.3 is 0 Å². The van der Waals surface area contributed by atoms with Crippen molar-refractivity contribution >= 4 is 10.8 Å². The van der Waals surface area contributed by atoms with Crippen LogP contribution in [0.4, 0.5) is 0 Å². The molecule has 4 heteroatoms. The third-order valence-corrected chi connectivity index (χ3v) is 4.60. The summed E-state index contributed by atoms with van der Waals surface area (Å²) in [7, 11) is -0.945. The SMILES string of the molecule is CC[S@@](=O)[C@@H](C)C(N([O])C(C)(C)C)C(C)(C)C. The molecule has 0 saturated heterocycles. The first-order valence-corrected chi connectivity index (χ1v) is 7.64. The van der Waals surface area contributed by atoms with E-state index in [2.05, 4.69) is 0 Å². The molecular weight excluding hydrogens is 234 g/mol. The first-order valence-electron chi connectivity index (χ1n) is 6.26. The van der Waals surface area contributed by atoms with Crippen LogP contribution in [0.5, 0.6) is 0 Å². The second-order valence-electron chi connectivity index (χ2n) is 6.68. The van der Waals surface area contributed by atoms with E-state index in [0.717, 1.165) is 5.06 Å². The van der Waals surface area contributed by atoms with Crippen molar-refractivity contribution < 1.29 is 9.42 Å². The van der Waals surface area contributed by atoms with E-state index in [1.54, 1.807) is 0 Å². The lowest BCUT2D eigenvalue weighted by Gasteiger charge is -2.43. The molecule has 103 valence electrons. The molecule has 1 radical (unpaired) electrons. The first kappa shape index (κ1) is 17.1. The van der Waals surface area contributed by atoms with Gasteiger partial charge in [0.1, 0.15) is 0 Å². The molecule has 0 fully saturated rings. The molecule has 0 heterocycles. The van der Waals surface area contributed by atoms with Crippen molar-refractivity contribution in [3.63, 3.8) is 0 Å². The van der Waals surface area contributed by atoms with Crippen LogP contribution in [-0.4, -0.2) is 31.9 Å². The van der Waals surface area contributed by atoms with Gasteiger partial charge in [0.25, 0.3) is 0 Å². The van der Waals surface area contributed by atoms with Crippen molar-refractivity contribution in [3.8, 4) is 0 Å². The number of rotatable bonds is 4. The van der Waals surface area contributed by atoms with Crippen LogP contribution in [0.3, 0.4) is 0 Å². The molecule has 0 aliphatic carbocycles. The third-order valence-electron chi connectivity index (χ3n) is 2.94. The Hall–Kier alpha value is 0.0700. The highest BCUT2D eigenvalue weighted by molar-refractivity contribution is 7.85. The van der Waals surface area contributed by atoms with E-state index < -0.39 is 16.3 Å². The van der Waals surface area contributed by atoms with Gasteiger partial charge in [0.15, 0.2) is 0 Å². The van der Waals surface area contributed by atoms with E-state index in [1.165, 1.54) is 0 Å². The number of hydrogen-bond acceptors (Lipinski definition) is 2. The van der Waals surface area contributed by atoms with Gasteiger partial charge in [-0.3, -0.25) is 4.21 Å². The summed E-state index contributed by atoms with van der Waals surface area (Å²) in [6.45, 7) is 15.7. The van der Waals surface area contributed by atoms with E-state index in [1.807, 2.05) is 55.4 Å². The molecule has 0 aromatic carbocycles. The highest BCUT2D eigenvalue weighted by Crippen LogP contribution is 2.32. The Labute approximate surface area is 109 Å². The maximum Gasteiger partial charge on any atom is 0.0578 e. The summed E-state index contributed by atoms with van der Waals surface area (Å²) in [4.78, 5) is 0. The Bertz CT molecular complexity index is 266. The standard InChI is InChI=1S/C13H28NO2S/c1-9-17(16)10(2)11(12(3,4)5)14(15)13(6,7)8/h10-11H,9H2,1-8H3/t10-,11?,17+/m0/s1. The largest absolute Gasteiger partial charge is 0.259 e. The molecule has 0 aliphatic rings. The lowest BCUT2D eigenvalue weighted by atomic mass is 9.83. The predicted octanol–water partition coefficient (Wildman–Crippen LogP) is 3.00. The van der Waals surface area contributed by atoms with Crippen LogP contribution < -0.4 is 0 Å². The van der Waals surface area contributed by atoms with Crippen LogP contribution in [-0.2, 0) is 16.0 Å². The Morgan fingerprint density at radius 3 is 1.76 bits per heavy atom. The Balaban J connectivity index is 5.24. The van der Waals surface area contributed by atoms with Gasteiger partial charge in [-0.25, -0.2) is 0 Å². The van der Waals surface area contributed by atoms with Gasteiger partial charge in [0.2, 0.25) is 0 Å². The summed E-state index contributed by atoms with van der Waals surface area (Å²) >= 11 is 0. The molecule has 0 aromatic rings. The highest BCUT2D eigenvalue weighted by atomic mass is 32.2. The monoisotopic (exact) mass is 262 g/mol. The van der Waals surface area contributed by atoms with Crippen LogP contribution >= 0.6 is 0 Å². The zero-order chi connectivity index (χ0) is 14.0. The Kier molecular flexibility index (Phi) is 5.83. The maximum absolute atomic E-state index is 12.5. The summed E-state index contributed by atoms with van der Waals surface area (Å²) in [5.74, 6) is 0.603. The maximum atomic E-state index is 12.5. The zero-order valence-corrected chi connectivity index (χ0v) is 13.4. The van der Waals surface area contributed by atoms with Gasteiger partial charge < -0.3 is 0 Å². The molecule has 0 amide bonds. The van der Waals surface area contributed by atoms with Gasteiger partial charge in [-0.2, -0.15) is 0 Å². The molecule has 0 N–H and O–H groups in total. The van der Waals surface area contributed by atoms with E-state index in [4.69, 9.17) is 0 Å². The lowest BCUT2D eigenvalue weighted by molar-refractivity contribution is -0.256. The Morgan fingerprint density at radius 2 is 1.53 bits per heavy atom. The van der Waals surface area contributed by atoms with Crippen LogP contribution in [0.2, 0.25) is 0 Å². The van der Waals surface area contributed by atoms with Crippen molar-refractivity contribution in [2.24, 2.45) is 5.41 Å². The summed E-state index contributed by atoms with van der Waals surface area (Å²) < 4.78 is 12.0. The second-order valence-corrected chi connectivity index (χ2v) is 8.76. The van der Waals surface area contributed by atoms with Crippen LogP contribution in [0.15, 0.2) is 0 Å². The van der Waals surface area contributed by atoms with Gasteiger partial charge in [-0.1, -0.05) is 27.7 Å². The summed E-state index contributed by atoms with van der Waals surface area (Å²) in [6, 6.07) is -0.233. The summed E-state index contributed by atoms with van der Waals surface area (Å²) in [6.07, 6.45) is 0. The molecule has 0 rings (SSSR count). The molecule has 17 heavy (non-hydrogen) atoms. The third kappa shape index (κ3) is 4.68. The van der Waals surface area contributed by atoms with Gasteiger partial charge in [0, 0.05) is 22.1 Å². The van der Waals surface area contributed by atoms with E-state index >= 15 is 0 Å². The average Bonchev–Trinajstić information content (AvgIpc) is 2.12. The molecule has 1 unspecified atom stereocenters. The first-order chi connectivity index (χ1) is 7.42. The van der Waals surface area contributed by atoms with Gasteiger partial charge in [0.05, 0.1) is 11.3 Å². The van der Waals surface area contributed by atoms with Crippen molar-refractivity contribution in [2.45, 2.75) is 72.2 Å². The van der Waals surface area contributed by atoms with Crippen LogP contribution in [0.1, 0.15) is 55.4 Å². The smallest absolute Gasteiger partial charge is 0.0578 e. The van der Waals surface area contributed by atoms with Crippen molar-refractivity contribution in [1.29, 1.82) is 0 Å². The fourth-order valence-electron chi connectivity index (χ4n) is 2.07. The zero-order valence-electron chi connectivity index (χ0n) is 12.5. The minimum absolute atomic E-state index is 0.114. The lowest BCUT2D eigenvalue weighted by Crippen LogP contribution is -2.56. The quantitative estimate of drug-likeness (QED) is 0.731. The van der Waals surface area contributed by atoms with Crippen LogP contribution in [0, 0.1) is 5.41 Å². The molecular formula is C13H28NO2S. The molecule has 3 nitrogen and oxygen atoms in total. The fraction of sp³-hybridized carbons (Fsp3) is 1.00. The fourth-order valence-corrected chi connectivity index (χ4v) is 3.40. The molecule has 0 saturated carbocycles. The summed E-state index contributed by atoms with van der Waals surface area (Å²) in [5.41, 5.74) is -0.635. The minimum atomic E-state index is -0.945. The summed E-state index contributed by atoms with van der Waals surface area (Å²) in [5, 5.41) is 13.5. The molecule has 0 spiro atoms. The van der Waals surface area contributed by atoms with Crippen molar-refractivity contribution in [2.75, 3.05) is 5.75 Å². The predicted molar refractivity (Wildman–Crippen MR) is 73.7 cm³/mol. The number of nitrogens with zero attached hydrogens (tertiary/aromatic N) is 1. The normalized spacial score (nSPS) is 19.2. The average molecular weight is 262 g/mol. The van der Waals surface area contributed by atoms with E-state index in [-0.39, 0.29) is 16.7 Å². The molecule has 3 atom stereocenters. The van der Waals surface area contributed by atoms with Gasteiger partial charge in [-0.05, 0) is 33.1 Å². The van der Waals surface area contributed by atoms with Crippen molar-refractivity contribution in [1.82, 2.24) is 5.06 Å². The minimum Gasteiger partial charge on any atom is -0.259 e. The van der Waals surface area contributed by atoms with Gasteiger partial charge in [-0.15, -0.1) is 10.3 Å². The molecule has 0 aromatic heterocycles. The number of hydroxylamine groups is 2. The topological polar surface area (TPSA) is 40.2 Å². The highest BCUT2D eigenvalue weighted by Gasteiger charge is 2.42. The Morgan fingerprint density at radius 1 is 1.12 bits per heavy atom. The van der Waals surface area contributed by atoms with E-state index in [0.29, 0.717) is 5.75 Å². The molecule has 0 bridgehead atoms. The van der Waals surface area contributed by atoms with Crippen molar-refractivity contribution in [3.05, 3.63) is 0 Å². The number of hydrogen-bond donors (Lipinski definition) is 0. The molecule has 0 aliphatic heterocycles. The second kappa shape index (κ2) is 5.81. The van der Waals surface area contributed by atoms with E-state index in [9.17, 15) is 9.42 Å². The van der Waals surface area contributed by atoms with Crippen LogP contribution in [0.25, 0.3) is 0 Å².